The SMILES string of the molecule is COC(=O)CNC(=O)C(c1ccc(C)c(C)c1)N(C(=O)C(CC(N)=O)NC(=O)OC(C)(C)C)C(C)(C)C. The van der Waals surface area contributed by atoms with Crippen LogP contribution in [0.3, 0.4) is 0 Å². The zero-order chi connectivity index (χ0) is 28.7. The van der Waals surface area contributed by atoms with Crippen molar-refractivity contribution in [1.82, 2.24) is 15.5 Å². The predicted molar refractivity (Wildman–Crippen MR) is 137 cm³/mol. The van der Waals surface area contributed by atoms with Crippen LogP contribution in [0.1, 0.15) is 70.7 Å². The number of carbonyl (C=O) groups is 5. The topological polar surface area (TPSA) is 157 Å². The van der Waals surface area contributed by atoms with Gasteiger partial charge < -0.3 is 30.7 Å². The fourth-order valence-corrected chi connectivity index (χ4v) is 3.54. The molecule has 0 aliphatic carbocycles. The lowest BCUT2D eigenvalue weighted by atomic mass is 9.93. The van der Waals surface area contributed by atoms with Crippen molar-refractivity contribution >= 4 is 29.8 Å². The van der Waals surface area contributed by atoms with Crippen molar-refractivity contribution in [3.05, 3.63) is 34.9 Å². The van der Waals surface area contributed by atoms with E-state index in [2.05, 4.69) is 15.4 Å². The van der Waals surface area contributed by atoms with E-state index in [0.717, 1.165) is 11.1 Å². The Kier molecular flexibility index (Phi) is 10.7. The molecular formula is C26H40N4O7. The summed E-state index contributed by atoms with van der Waals surface area (Å²) in [4.78, 5) is 64.8. The van der Waals surface area contributed by atoms with Crippen LogP contribution in [0.25, 0.3) is 0 Å². The van der Waals surface area contributed by atoms with E-state index >= 15 is 0 Å². The van der Waals surface area contributed by atoms with Crippen LogP contribution in [-0.2, 0) is 28.7 Å². The van der Waals surface area contributed by atoms with Crippen LogP contribution >= 0.6 is 0 Å². The van der Waals surface area contributed by atoms with Crippen LogP contribution in [0.5, 0.6) is 0 Å². The van der Waals surface area contributed by atoms with Gasteiger partial charge in [0.1, 0.15) is 24.2 Å². The largest absolute Gasteiger partial charge is 0.468 e. The second-order valence-corrected chi connectivity index (χ2v) is 10.8. The van der Waals surface area contributed by atoms with Gasteiger partial charge in [-0.15, -0.1) is 0 Å². The summed E-state index contributed by atoms with van der Waals surface area (Å²) in [6.07, 6.45) is -1.44. The molecule has 1 aromatic rings. The van der Waals surface area contributed by atoms with Crippen LogP contribution in [0.15, 0.2) is 18.2 Å². The summed E-state index contributed by atoms with van der Waals surface area (Å²) >= 11 is 0. The van der Waals surface area contributed by atoms with Gasteiger partial charge in [0.25, 0.3) is 0 Å². The molecule has 0 heterocycles. The highest BCUT2D eigenvalue weighted by atomic mass is 16.6. The van der Waals surface area contributed by atoms with Crippen LogP contribution in [0.2, 0.25) is 0 Å². The van der Waals surface area contributed by atoms with Gasteiger partial charge in [-0.2, -0.15) is 0 Å². The van der Waals surface area contributed by atoms with Crippen LogP contribution in [-0.4, -0.2) is 65.5 Å². The van der Waals surface area contributed by atoms with Gasteiger partial charge in [0.05, 0.1) is 13.5 Å². The first kappa shape index (κ1) is 31.4. The van der Waals surface area contributed by atoms with Crippen molar-refractivity contribution in [3.63, 3.8) is 0 Å². The molecule has 4 amide bonds. The van der Waals surface area contributed by atoms with E-state index in [0.29, 0.717) is 5.56 Å². The number of ether oxygens (including phenoxy) is 2. The summed E-state index contributed by atoms with van der Waals surface area (Å²) in [6.45, 7) is 13.5. The third kappa shape index (κ3) is 9.74. The van der Waals surface area contributed by atoms with Gasteiger partial charge in [0.2, 0.25) is 17.7 Å². The number of nitrogens with two attached hydrogens (primary N) is 1. The quantitative estimate of drug-likeness (QED) is 0.420. The number of primary amides is 1. The van der Waals surface area contributed by atoms with Crippen molar-refractivity contribution in [2.24, 2.45) is 5.73 Å². The molecule has 37 heavy (non-hydrogen) atoms. The molecule has 0 aliphatic heterocycles. The second-order valence-electron chi connectivity index (χ2n) is 10.8. The molecular weight excluding hydrogens is 480 g/mol. The maximum Gasteiger partial charge on any atom is 0.408 e. The molecule has 0 aliphatic rings. The van der Waals surface area contributed by atoms with E-state index in [1.165, 1.54) is 12.0 Å². The zero-order valence-electron chi connectivity index (χ0n) is 23.2. The number of hydrogen-bond donors (Lipinski definition) is 3. The fourth-order valence-electron chi connectivity index (χ4n) is 3.54. The third-order valence-corrected chi connectivity index (χ3v) is 5.34. The summed E-state index contributed by atoms with van der Waals surface area (Å²) in [7, 11) is 1.19. The zero-order valence-corrected chi connectivity index (χ0v) is 23.2. The first-order valence-electron chi connectivity index (χ1n) is 11.9. The molecule has 11 nitrogen and oxygen atoms in total. The minimum atomic E-state index is -1.41. The number of carbonyl (C=O) groups excluding carboxylic acids is 5. The Bertz CT molecular complexity index is 1020. The number of benzene rings is 1. The van der Waals surface area contributed by atoms with Crippen LogP contribution in [0, 0.1) is 13.8 Å². The Morgan fingerprint density at radius 2 is 1.59 bits per heavy atom. The number of aryl methyl sites for hydroxylation is 2. The average molecular weight is 521 g/mol. The molecule has 2 unspecified atom stereocenters. The molecule has 0 aromatic heterocycles. The molecule has 2 atom stereocenters. The number of amides is 4. The van der Waals surface area contributed by atoms with Gasteiger partial charge in [-0.05, 0) is 72.1 Å². The normalized spacial score (nSPS) is 13.1. The van der Waals surface area contributed by atoms with E-state index in [-0.39, 0.29) is 0 Å². The number of alkyl carbamates (subject to hydrolysis) is 1. The molecule has 11 heteroatoms. The van der Waals surface area contributed by atoms with Gasteiger partial charge in [-0.1, -0.05) is 18.2 Å². The smallest absolute Gasteiger partial charge is 0.408 e. The van der Waals surface area contributed by atoms with E-state index in [9.17, 15) is 24.0 Å². The number of methoxy groups -OCH3 is 1. The lowest BCUT2D eigenvalue weighted by Crippen LogP contribution is -2.59. The first-order valence-corrected chi connectivity index (χ1v) is 11.9. The Morgan fingerprint density at radius 1 is 1.00 bits per heavy atom. The Morgan fingerprint density at radius 3 is 2.05 bits per heavy atom. The van der Waals surface area contributed by atoms with Crippen molar-refractivity contribution in [3.8, 4) is 0 Å². The molecule has 4 N–H and O–H groups in total. The van der Waals surface area contributed by atoms with Crippen LogP contribution < -0.4 is 16.4 Å². The van der Waals surface area contributed by atoms with E-state index < -0.39 is 66.0 Å². The minimum absolute atomic E-state index is 0.413. The molecule has 0 bridgehead atoms. The Hall–Kier alpha value is -3.63. The van der Waals surface area contributed by atoms with Crippen molar-refractivity contribution in [2.75, 3.05) is 13.7 Å². The standard InChI is InChI=1S/C26H40N4O7/c1-15-10-11-17(12-16(15)2)21(22(33)28-14-20(32)36-9)30(25(3,4)5)23(34)18(13-19(27)31)29-24(35)37-26(6,7)8/h10-12,18,21H,13-14H2,1-9H3,(H2,27,31)(H,28,33)(H,29,35). The molecule has 1 rings (SSSR count). The molecule has 0 fully saturated rings. The lowest BCUT2D eigenvalue weighted by molar-refractivity contribution is -0.150. The highest BCUT2D eigenvalue weighted by molar-refractivity contribution is 5.95. The number of nitrogens with one attached hydrogen (secondary N) is 2. The first-order chi connectivity index (χ1) is 16.9. The van der Waals surface area contributed by atoms with Crippen LogP contribution in [0.4, 0.5) is 4.79 Å². The monoisotopic (exact) mass is 520 g/mol. The van der Waals surface area contributed by atoms with Gasteiger partial charge in [0, 0.05) is 5.54 Å². The van der Waals surface area contributed by atoms with Gasteiger partial charge in [-0.3, -0.25) is 19.2 Å². The highest BCUT2D eigenvalue weighted by Gasteiger charge is 2.42. The van der Waals surface area contributed by atoms with E-state index in [1.807, 2.05) is 19.9 Å². The second kappa shape index (κ2) is 12.6. The van der Waals surface area contributed by atoms with E-state index in [1.54, 1.807) is 53.7 Å². The Labute approximate surface area is 218 Å². The number of hydrogen-bond acceptors (Lipinski definition) is 7. The van der Waals surface area contributed by atoms with Gasteiger partial charge >= 0.3 is 12.1 Å². The summed E-state index contributed by atoms with van der Waals surface area (Å²) in [5.74, 6) is -2.87. The molecule has 206 valence electrons. The van der Waals surface area contributed by atoms with Gasteiger partial charge in [0.15, 0.2) is 0 Å². The lowest BCUT2D eigenvalue weighted by Gasteiger charge is -2.43. The minimum Gasteiger partial charge on any atom is -0.468 e. The highest BCUT2D eigenvalue weighted by Crippen LogP contribution is 2.31. The maximum absolute atomic E-state index is 14.0. The number of nitrogens with zero attached hydrogens (tertiary/aromatic N) is 1. The van der Waals surface area contributed by atoms with E-state index in [4.69, 9.17) is 10.5 Å². The summed E-state index contributed by atoms with van der Waals surface area (Å²) in [5.41, 5.74) is 5.89. The molecule has 0 spiro atoms. The molecule has 0 saturated carbocycles. The predicted octanol–water partition coefficient (Wildman–Crippen LogP) is 2.03. The maximum atomic E-state index is 14.0. The molecule has 0 radical (unpaired) electrons. The molecule has 0 saturated heterocycles. The Balaban J connectivity index is 3.62. The summed E-state index contributed by atoms with van der Waals surface area (Å²) in [5, 5.41) is 4.94. The summed E-state index contributed by atoms with van der Waals surface area (Å²) < 4.78 is 9.88. The average Bonchev–Trinajstić information content (AvgIpc) is 2.74. The van der Waals surface area contributed by atoms with Crippen molar-refractivity contribution in [1.29, 1.82) is 0 Å². The summed E-state index contributed by atoms with van der Waals surface area (Å²) in [6, 6.07) is 2.67. The molecule has 1 aromatic carbocycles. The third-order valence-electron chi connectivity index (χ3n) is 5.34. The van der Waals surface area contributed by atoms with Gasteiger partial charge in [-0.25, -0.2) is 4.79 Å². The van der Waals surface area contributed by atoms with Crippen molar-refractivity contribution in [2.45, 2.75) is 85.0 Å². The number of rotatable bonds is 9. The van der Waals surface area contributed by atoms with Crippen molar-refractivity contribution < 1.29 is 33.4 Å². The fraction of sp³-hybridized carbons (Fsp3) is 0.577. The number of esters is 1.